The van der Waals surface area contributed by atoms with Crippen LogP contribution in [-0.2, 0) is 6.54 Å². The number of rotatable bonds is 6. The van der Waals surface area contributed by atoms with Crippen molar-refractivity contribution in [3.8, 4) is 11.1 Å². The zero-order chi connectivity index (χ0) is 22.8. The van der Waals surface area contributed by atoms with Crippen LogP contribution in [0.25, 0.3) is 11.1 Å². The highest BCUT2D eigenvalue weighted by molar-refractivity contribution is 5.95. The second kappa shape index (κ2) is 11.7. The Bertz CT molecular complexity index is 1020. The molecule has 166 valence electrons. The van der Waals surface area contributed by atoms with E-state index in [1.165, 1.54) is 12.8 Å². The van der Waals surface area contributed by atoms with Gasteiger partial charge in [-0.25, -0.2) is 0 Å². The smallest absolute Gasteiger partial charge is 0.270 e. The largest absolute Gasteiger partial charge is 0.400 e. The van der Waals surface area contributed by atoms with Gasteiger partial charge >= 0.3 is 0 Å². The molecule has 0 unspecified atom stereocenters. The lowest BCUT2D eigenvalue weighted by atomic mass is 10.1. The van der Waals surface area contributed by atoms with Gasteiger partial charge in [0.05, 0.1) is 0 Å². The third-order valence-electron chi connectivity index (χ3n) is 5.34. The Hall–Kier alpha value is -3.58. The molecule has 2 amide bonds. The van der Waals surface area contributed by atoms with Crippen LogP contribution in [0, 0.1) is 0 Å². The van der Waals surface area contributed by atoms with Gasteiger partial charge in [-0.15, -0.1) is 0 Å². The van der Waals surface area contributed by atoms with Gasteiger partial charge in [0.25, 0.3) is 11.8 Å². The average molecular weight is 433 g/mol. The van der Waals surface area contributed by atoms with E-state index in [1.54, 1.807) is 30.7 Å². The minimum atomic E-state index is -0.253. The van der Waals surface area contributed by atoms with Crippen LogP contribution in [0.4, 0.5) is 0 Å². The number of nitrogens with zero attached hydrogens (tertiary/aromatic N) is 2. The fourth-order valence-electron chi connectivity index (χ4n) is 3.68. The number of carbonyl (C=O) groups is 2. The number of aliphatic hydroxyl groups is 1. The molecule has 1 fully saturated rings. The van der Waals surface area contributed by atoms with Crippen molar-refractivity contribution in [2.75, 3.05) is 7.11 Å². The molecule has 0 atom stereocenters. The summed E-state index contributed by atoms with van der Waals surface area (Å²) in [7, 11) is 1.00. The van der Waals surface area contributed by atoms with Crippen molar-refractivity contribution >= 4 is 11.8 Å². The van der Waals surface area contributed by atoms with Crippen molar-refractivity contribution in [2.24, 2.45) is 0 Å². The average Bonchev–Trinajstić information content (AvgIpc) is 3.38. The van der Waals surface area contributed by atoms with Gasteiger partial charge in [-0.2, -0.15) is 0 Å². The molecule has 2 heterocycles. The van der Waals surface area contributed by atoms with Gasteiger partial charge in [0.2, 0.25) is 0 Å². The molecule has 0 aliphatic heterocycles. The molecular formula is C25H28N4O3. The second-order valence-corrected chi connectivity index (χ2v) is 7.51. The molecule has 0 bridgehead atoms. The predicted molar refractivity (Wildman–Crippen MR) is 123 cm³/mol. The zero-order valence-corrected chi connectivity index (χ0v) is 18.1. The lowest BCUT2D eigenvalue weighted by Gasteiger charge is -2.12. The van der Waals surface area contributed by atoms with E-state index >= 15 is 0 Å². The maximum Gasteiger partial charge on any atom is 0.270 e. The fraction of sp³-hybridized carbons (Fsp3) is 0.280. The number of pyridine rings is 2. The number of hydrogen-bond donors (Lipinski definition) is 3. The molecular weight excluding hydrogens is 404 g/mol. The molecule has 0 spiro atoms. The van der Waals surface area contributed by atoms with Crippen molar-refractivity contribution in [1.29, 1.82) is 0 Å². The van der Waals surface area contributed by atoms with E-state index in [0.717, 1.165) is 36.6 Å². The number of aliphatic hydroxyl groups excluding tert-OH is 1. The first kappa shape index (κ1) is 23.1. The van der Waals surface area contributed by atoms with Crippen LogP contribution in [0.15, 0.2) is 67.1 Å². The summed E-state index contributed by atoms with van der Waals surface area (Å²) in [4.78, 5) is 33.2. The van der Waals surface area contributed by atoms with Crippen LogP contribution in [0.3, 0.4) is 0 Å². The molecule has 3 N–H and O–H groups in total. The lowest BCUT2D eigenvalue weighted by Crippen LogP contribution is -2.32. The van der Waals surface area contributed by atoms with Gasteiger partial charge in [0, 0.05) is 49.4 Å². The zero-order valence-electron chi connectivity index (χ0n) is 18.1. The van der Waals surface area contributed by atoms with Crippen LogP contribution in [0.1, 0.15) is 52.1 Å². The summed E-state index contributed by atoms with van der Waals surface area (Å²) in [5.41, 5.74) is 3.76. The van der Waals surface area contributed by atoms with Crippen LogP contribution < -0.4 is 10.6 Å². The van der Waals surface area contributed by atoms with E-state index in [-0.39, 0.29) is 17.9 Å². The van der Waals surface area contributed by atoms with Crippen LogP contribution >= 0.6 is 0 Å². The molecule has 32 heavy (non-hydrogen) atoms. The predicted octanol–water partition coefficient (Wildman–Crippen LogP) is 3.35. The molecule has 7 heteroatoms. The summed E-state index contributed by atoms with van der Waals surface area (Å²) in [6.45, 7) is 0.331. The summed E-state index contributed by atoms with van der Waals surface area (Å²) in [5.74, 6) is -0.305. The van der Waals surface area contributed by atoms with Crippen molar-refractivity contribution in [2.45, 2.75) is 38.3 Å². The number of hydrogen-bond acceptors (Lipinski definition) is 5. The van der Waals surface area contributed by atoms with Crippen molar-refractivity contribution < 1.29 is 14.7 Å². The lowest BCUT2D eigenvalue weighted by molar-refractivity contribution is 0.0934. The number of amides is 2. The van der Waals surface area contributed by atoms with E-state index < -0.39 is 0 Å². The third kappa shape index (κ3) is 6.21. The van der Waals surface area contributed by atoms with Crippen LogP contribution in [0.2, 0.25) is 0 Å². The summed E-state index contributed by atoms with van der Waals surface area (Å²) in [6.07, 6.45) is 9.57. The summed E-state index contributed by atoms with van der Waals surface area (Å²) in [6, 6.07) is 15.0. The quantitative estimate of drug-likeness (QED) is 0.554. The molecule has 3 aromatic rings. The van der Waals surface area contributed by atoms with E-state index in [9.17, 15) is 9.59 Å². The highest BCUT2D eigenvalue weighted by atomic mass is 16.2. The summed E-state index contributed by atoms with van der Waals surface area (Å²) in [5, 5.41) is 13.0. The number of carbonyl (C=O) groups excluding carboxylic acids is 2. The molecule has 1 aromatic carbocycles. The Morgan fingerprint density at radius 3 is 2.41 bits per heavy atom. The first-order chi connectivity index (χ1) is 15.7. The minimum absolute atomic E-state index is 0.0524. The third-order valence-corrected chi connectivity index (χ3v) is 5.34. The Balaban J connectivity index is 0.00000141. The van der Waals surface area contributed by atoms with Crippen LogP contribution in [0.5, 0.6) is 0 Å². The van der Waals surface area contributed by atoms with Gasteiger partial charge < -0.3 is 15.7 Å². The topological polar surface area (TPSA) is 104 Å². The summed E-state index contributed by atoms with van der Waals surface area (Å²) >= 11 is 0. The number of benzene rings is 1. The maximum atomic E-state index is 12.5. The fourth-order valence-corrected chi connectivity index (χ4v) is 3.68. The molecule has 1 saturated carbocycles. The van der Waals surface area contributed by atoms with Crippen LogP contribution in [-0.4, -0.2) is 40.0 Å². The molecule has 0 radical (unpaired) electrons. The van der Waals surface area contributed by atoms with Crippen molar-refractivity contribution in [3.05, 3.63) is 83.9 Å². The standard InChI is InChI=1S/C24H24N4O2.CH4O/c29-23(28-21-6-1-2-7-21)19-5-3-4-17(14-19)15-27-24(30)22-9-8-20(16-26-22)18-10-12-25-13-11-18;1-2/h3-5,8-14,16,21H,1-2,6-7,15H2,(H,27,30)(H,28,29);2H,1H3. The van der Waals surface area contributed by atoms with Gasteiger partial charge in [-0.1, -0.05) is 31.0 Å². The first-order valence-electron chi connectivity index (χ1n) is 10.7. The normalized spacial score (nSPS) is 13.1. The summed E-state index contributed by atoms with van der Waals surface area (Å²) < 4.78 is 0. The van der Waals surface area contributed by atoms with E-state index in [1.807, 2.05) is 36.4 Å². The second-order valence-electron chi connectivity index (χ2n) is 7.51. The Morgan fingerprint density at radius 1 is 0.969 bits per heavy atom. The number of aromatic nitrogens is 2. The maximum absolute atomic E-state index is 12.5. The van der Waals surface area contributed by atoms with E-state index in [2.05, 4.69) is 20.6 Å². The Labute approximate surface area is 187 Å². The minimum Gasteiger partial charge on any atom is -0.400 e. The molecule has 0 saturated heterocycles. The molecule has 2 aromatic heterocycles. The molecule has 7 nitrogen and oxygen atoms in total. The van der Waals surface area contributed by atoms with Crippen molar-refractivity contribution in [3.63, 3.8) is 0 Å². The van der Waals surface area contributed by atoms with Crippen molar-refractivity contribution in [1.82, 2.24) is 20.6 Å². The molecule has 1 aliphatic carbocycles. The number of nitrogens with one attached hydrogen (secondary N) is 2. The van der Waals surface area contributed by atoms with E-state index in [4.69, 9.17) is 5.11 Å². The monoisotopic (exact) mass is 432 g/mol. The van der Waals surface area contributed by atoms with E-state index in [0.29, 0.717) is 17.8 Å². The molecule has 4 rings (SSSR count). The van der Waals surface area contributed by atoms with Gasteiger partial charge in [0.15, 0.2) is 0 Å². The van der Waals surface area contributed by atoms with Gasteiger partial charge in [-0.3, -0.25) is 19.6 Å². The molecule has 1 aliphatic rings. The highest BCUT2D eigenvalue weighted by Gasteiger charge is 2.18. The highest BCUT2D eigenvalue weighted by Crippen LogP contribution is 2.19. The Morgan fingerprint density at radius 2 is 1.72 bits per heavy atom. The SMILES string of the molecule is CO.O=C(NC1CCCC1)c1cccc(CNC(=O)c2ccc(-c3ccncc3)cn2)c1. The van der Waals surface area contributed by atoms with Gasteiger partial charge in [0.1, 0.15) is 5.69 Å². The van der Waals surface area contributed by atoms with Gasteiger partial charge in [-0.05, 0) is 54.3 Å². The first-order valence-corrected chi connectivity index (χ1v) is 10.7. The Kier molecular flexibility index (Phi) is 8.45.